The summed E-state index contributed by atoms with van der Waals surface area (Å²) in [5, 5.41) is 0.698. The van der Waals surface area contributed by atoms with Crippen LogP contribution in [0.5, 0.6) is 5.88 Å². The number of rotatable bonds is 4. The molecular weight excluding hydrogens is 389 g/mol. The fraction of sp³-hybridized carbons (Fsp3) is 0.429. The first-order valence-corrected chi connectivity index (χ1v) is 9.85. The Bertz CT molecular complexity index is 1160. The molecular formula is C21H24FN5O3. The maximum absolute atomic E-state index is 14.3. The van der Waals surface area contributed by atoms with Crippen molar-refractivity contribution < 1.29 is 13.9 Å². The number of pyridine rings is 2. The molecule has 8 nitrogen and oxygen atoms in total. The summed E-state index contributed by atoms with van der Waals surface area (Å²) in [5.74, 6) is -0.638. The van der Waals surface area contributed by atoms with E-state index >= 15 is 0 Å². The van der Waals surface area contributed by atoms with Crippen molar-refractivity contribution in [2.24, 2.45) is 0 Å². The molecule has 1 aliphatic rings. The third-order valence-corrected chi connectivity index (χ3v) is 5.75. The number of aromatic nitrogens is 4. The van der Waals surface area contributed by atoms with Crippen molar-refractivity contribution in [3.8, 4) is 17.0 Å². The summed E-state index contributed by atoms with van der Waals surface area (Å²) in [4.78, 5) is 26.2. The van der Waals surface area contributed by atoms with Crippen molar-refractivity contribution in [2.75, 3.05) is 20.0 Å². The Morgan fingerprint density at radius 3 is 2.53 bits per heavy atom. The smallest absolute Gasteiger partial charge is 0.260 e. The Hall–Kier alpha value is -3.07. The number of methoxy groups -OCH3 is 2. The van der Waals surface area contributed by atoms with E-state index in [1.165, 1.54) is 19.4 Å². The van der Waals surface area contributed by atoms with Crippen LogP contribution in [0, 0.1) is 12.7 Å². The van der Waals surface area contributed by atoms with Gasteiger partial charge in [-0.25, -0.2) is 14.4 Å². The number of hydrogen-bond donors (Lipinski definition) is 1. The van der Waals surface area contributed by atoms with E-state index in [1.54, 1.807) is 17.7 Å². The van der Waals surface area contributed by atoms with Gasteiger partial charge in [-0.3, -0.25) is 9.36 Å². The summed E-state index contributed by atoms with van der Waals surface area (Å²) >= 11 is 0. The normalized spacial score (nSPS) is 19.2. The number of hydrogen-bond acceptors (Lipinski definition) is 7. The van der Waals surface area contributed by atoms with Gasteiger partial charge in [0.15, 0.2) is 5.82 Å². The van der Waals surface area contributed by atoms with Crippen LogP contribution in [0.15, 0.2) is 23.1 Å². The summed E-state index contributed by atoms with van der Waals surface area (Å²) in [6.45, 7) is 1.81. The van der Waals surface area contributed by atoms with Gasteiger partial charge in [0, 0.05) is 35.9 Å². The average Bonchev–Trinajstić information content (AvgIpc) is 2.73. The molecule has 0 aromatic carbocycles. The third-order valence-electron chi connectivity index (χ3n) is 5.75. The molecule has 2 N–H and O–H groups in total. The lowest BCUT2D eigenvalue weighted by molar-refractivity contribution is 0.0585. The molecule has 4 rings (SSSR count). The number of nitrogens with two attached hydrogens (primary N) is 1. The summed E-state index contributed by atoms with van der Waals surface area (Å²) < 4.78 is 26.3. The maximum atomic E-state index is 14.3. The second kappa shape index (κ2) is 7.98. The van der Waals surface area contributed by atoms with E-state index in [0.29, 0.717) is 27.9 Å². The summed E-state index contributed by atoms with van der Waals surface area (Å²) in [6.07, 6.45) is 4.86. The lowest BCUT2D eigenvalue weighted by atomic mass is 9.92. The van der Waals surface area contributed by atoms with Crippen molar-refractivity contribution in [1.29, 1.82) is 0 Å². The summed E-state index contributed by atoms with van der Waals surface area (Å²) in [7, 11) is 3.05. The summed E-state index contributed by atoms with van der Waals surface area (Å²) in [6, 6.07) is 2.89. The number of halogens is 1. The van der Waals surface area contributed by atoms with Crippen LogP contribution >= 0.6 is 0 Å². The molecule has 0 bridgehead atoms. The standard InChI is InChI=1S/C21H24FN5O3/c1-11-15-9-16(12-8-17(22)19(30-3)24-10-12)20(28)27(18(15)26-21(23)25-11)13-4-6-14(29-2)7-5-13/h8-10,13-14H,4-7H2,1-3H3,(H2,23,25,26). The van der Waals surface area contributed by atoms with Gasteiger partial charge in [-0.15, -0.1) is 0 Å². The topological polar surface area (TPSA) is 105 Å². The highest BCUT2D eigenvalue weighted by molar-refractivity contribution is 5.84. The predicted molar refractivity (Wildman–Crippen MR) is 111 cm³/mol. The molecule has 30 heavy (non-hydrogen) atoms. The molecule has 1 aliphatic carbocycles. The monoisotopic (exact) mass is 413 g/mol. The molecule has 0 aliphatic heterocycles. The number of ether oxygens (including phenoxy) is 2. The van der Waals surface area contributed by atoms with Crippen LogP contribution in [-0.4, -0.2) is 39.8 Å². The first kappa shape index (κ1) is 20.2. The van der Waals surface area contributed by atoms with Crippen LogP contribution < -0.4 is 16.0 Å². The molecule has 1 fully saturated rings. The van der Waals surface area contributed by atoms with Crippen molar-refractivity contribution in [3.05, 3.63) is 40.2 Å². The molecule has 0 amide bonds. The highest BCUT2D eigenvalue weighted by Gasteiger charge is 2.26. The van der Waals surface area contributed by atoms with Crippen molar-refractivity contribution in [3.63, 3.8) is 0 Å². The zero-order valence-electron chi connectivity index (χ0n) is 17.2. The number of anilines is 1. The highest BCUT2D eigenvalue weighted by atomic mass is 19.1. The van der Waals surface area contributed by atoms with Gasteiger partial charge in [-0.2, -0.15) is 4.98 Å². The quantitative estimate of drug-likeness (QED) is 0.701. The highest BCUT2D eigenvalue weighted by Crippen LogP contribution is 2.33. The summed E-state index contributed by atoms with van der Waals surface area (Å²) in [5.41, 5.74) is 7.49. The molecule has 1 saturated carbocycles. The molecule has 0 atom stereocenters. The van der Waals surface area contributed by atoms with E-state index in [9.17, 15) is 9.18 Å². The second-order valence-electron chi connectivity index (χ2n) is 7.52. The number of nitrogen functional groups attached to an aromatic ring is 1. The van der Waals surface area contributed by atoms with Crippen LogP contribution in [0.25, 0.3) is 22.2 Å². The van der Waals surface area contributed by atoms with Gasteiger partial charge in [-0.05, 0) is 44.7 Å². The van der Waals surface area contributed by atoms with Gasteiger partial charge in [0.05, 0.1) is 18.9 Å². The Morgan fingerprint density at radius 1 is 1.17 bits per heavy atom. The molecule has 0 unspecified atom stereocenters. The van der Waals surface area contributed by atoms with Gasteiger partial charge in [0.25, 0.3) is 5.56 Å². The minimum absolute atomic E-state index is 0.0592. The molecule has 3 aromatic heterocycles. The fourth-order valence-electron chi connectivity index (χ4n) is 4.18. The molecule has 3 heterocycles. The molecule has 9 heteroatoms. The van der Waals surface area contributed by atoms with Crippen LogP contribution in [0.3, 0.4) is 0 Å². The Labute approximate surface area is 172 Å². The van der Waals surface area contributed by atoms with Gasteiger partial charge in [0.2, 0.25) is 11.8 Å². The van der Waals surface area contributed by atoms with Crippen LogP contribution in [-0.2, 0) is 4.74 Å². The van der Waals surface area contributed by atoms with E-state index in [1.807, 2.05) is 6.92 Å². The Kier molecular flexibility index (Phi) is 5.38. The third kappa shape index (κ3) is 3.49. The first-order valence-electron chi connectivity index (χ1n) is 9.85. The largest absolute Gasteiger partial charge is 0.479 e. The van der Waals surface area contributed by atoms with E-state index in [0.717, 1.165) is 25.7 Å². The number of nitrogens with zero attached hydrogens (tertiary/aromatic N) is 4. The predicted octanol–water partition coefficient (Wildman–Crippen LogP) is 3.02. The number of aryl methyl sites for hydroxylation is 1. The van der Waals surface area contributed by atoms with E-state index < -0.39 is 5.82 Å². The second-order valence-corrected chi connectivity index (χ2v) is 7.52. The van der Waals surface area contributed by atoms with E-state index in [4.69, 9.17) is 15.2 Å². The van der Waals surface area contributed by atoms with Crippen molar-refractivity contribution >= 4 is 17.0 Å². The Balaban J connectivity index is 1.94. The lowest BCUT2D eigenvalue weighted by Crippen LogP contribution is -2.31. The SMILES string of the molecule is COc1ncc(-c2cc3c(C)nc(N)nc3n(C3CCC(OC)CC3)c2=O)cc1F. The van der Waals surface area contributed by atoms with Gasteiger partial charge in [-0.1, -0.05) is 0 Å². The van der Waals surface area contributed by atoms with Gasteiger partial charge < -0.3 is 15.2 Å². The van der Waals surface area contributed by atoms with E-state index in [-0.39, 0.29) is 29.5 Å². The molecule has 0 spiro atoms. The van der Waals surface area contributed by atoms with E-state index in [2.05, 4.69) is 15.0 Å². The van der Waals surface area contributed by atoms with Gasteiger partial charge in [0.1, 0.15) is 5.65 Å². The minimum atomic E-state index is -0.632. The van der Waals surface area contributed by atoms with Gasteiger partial charge >= 0.3 is 0 Å². The molecule has 0 saturated heterocycles. The average molecular weight is 413 g/mol. The zero-order valence-corrected chi connectivity index (χ0v) is 17.2. The lowest BCUT2D eigenvalue weighted by Gasteiger charge is -2.30. The van der Waals surface area contributed by atoms with Crippen LogP contribution in [0.4, 0.5) is 10.3 Å². The fourth-order valence-corrected chi connectivity index (χ4v) is 4.18. The van der Waals surface area contributed by atoms with Crippen LogP contribution in [0.2, 0.25) is 0 Å². The molecule has 0 radical (unpaired) electrons. The van der Waals surface area contributed by atoms with Crippen molar-refractivity contribution in [1.82, 2.24) is 19.5 Å². The molecule has 3 aromatic rings. The zero-order chi connectivity index (χ0) is 21.4. The minimum Gasteiger partial charge on any atom is -0.479 e. The maximum Gasteiger partial charge on any atom is 0.260 e. The number of fused-ring (bicyclic) bond motifs is 1. The first-order chi connectivity index (χ1) is 14.4. The Morgan fingerprint density at radius 2 is 1.90 bits per heavy atom. The van der Waals surface area contributed by atoms with Crippen molar-refractivity contribution in [2.45, 2.75) is 44.8 Å². The van der Waals surface area contributed by atoms with Crippen LogP contribution in [0.1, 0.15) is 37.4 Å². The molecule has 158 valence electrons.